The van der Waals surface area contributed by atoms with Crippen LogP contribution in [0.4, 0.5) is 0 Å². The summed E-state index contributed by atoms with van der Waals surface area (Å²) in [6, 6.07) is 9.72. The van der Waals surface area contributed by atoms with Crippen LogP contribution < -0.4 is 5.73 Å². The second-order valence-corrected chi connectivity index (χ2v) is 5.30. The Morgan fingerprint density at radius 2 is 1.95 bits per heavy atom. The molecule has 1 amide bonds. The number of rotatable bonds is 3. The molecule has 1 fully saturated rings. The highest BCUT2D eigenvalue weighted by Gasteiger charge is 2.26. The molecule has 21 heavy (non-hydrogen) atoms. The van der Waals surface area contributed by atoms with E-state index in [1.807, 2.05) is 35.2 Å². The number of nitrogens with zero attached hydrogens (tertiary/aromatic N) is 3. The Kier molecular flexibility index (Phi) is 3.92. The Morgan fingerprint density at radius 3 is 2.57 bits per heavy atom. The van der Waals surface area contributed by atoms with E-state index in [0.29, 0.717) is 23.9 Å². The van der Waals surface area contributed by atoms with Crippen LogP contribution in [-0.4, -0.2) is 40.4 Å². The summed E-state index contributed by atoms with van der Waals surface area (Å²) in [5, 5.41) is 0. The highest BCUT2D eigenvalue weighted by Crippen LogP contribution is 2.18. The predicted octanol–water partition coefficient (Wildman–Crippen LogP) is 1.56. The van der Waals surface area contributed by atoms with Gasteiger partial charge in [-0.05, 0) is 18.9 Å². The van der Waals surface area contributed by atoms with Gasteiger partial charge in [0, 0.05) is 31.0 Å². The van der Waals surface area contributed by atoms with Gasteiger partial charge in [0.1, 0.15) is 0 Å². The molecule has 0 spiro atoms. The first-order chi connectivity index (χ1) is 10.3. The van der Waals surface area contributed by atoms with Crippen molar-refractivity contribution in [2.75, 3.05) is 19.6 Å². The van der Waals surface area contributed by atoms with E-state index in [9.17, 15) is 4.79 Å². The van der Waals surface area contributed by atoms with Gasteiger partial charge in [0.2, 0.25) is 0 Å². The second-order valence-electron chi connectivity index (χ2n) is 5.30. The van der Waals surface area contributed by atoms with E-state index in [4.69, 9.17) is 5.73 Å². The van der Waals surface area contributed by atoms with E-state index in [0.717, 1.165) is 25.1 Å². The van der Waals surface area contributed by atoms with Crippen molar-refractivity contribution in [3.05, 3.63) is 48.3 Å². The van der Waals surface area contributed by atoms with Crippen LogP contribution in [0.5, 0.6) is 0 Å². The maximum absolute atomic E-state index is 12.4. The number of hydrogen-bond donors (Lipinski definition) is 1. The summed E-state index contributed by atoms with van der Waals surface area (Å²) in [5.41, 5.74) is 7.14. The molecule has 0 radical (unpaired) electrons. The van der Waals surface area contributed by atoms with Crippen LogP contribution in [0.25, 0.3) is 11.4 Å². The average Bonchev–Trinajstić information content (AvgIpc) is 3.04. The maximum Gasteiger partial charge on any atom is 0.257 e. The van der Waals surface area contributed by atoms with Crippen molar-refractivity contribution < 1.29 is 4.79 Å². The molecule has 108 valence electrons. The molecule has 0 saturated carbocycles. The van der Waals surface area contributed by atoms with Gasteiger partial charge in [0.25, 0.3) is 5.91 Å². The number of hydrogen-bond acceptors (Lipinski definition) is 4. The summed E-state index contributed by atoms with van der Waals surface area (Å²) in [5.74, 6) is 1.04. The molecule has 1 aliphatic rings. The van der Waals surface area contributed by atoms with E-state index < -0.39 is 0 Å². The smallest absolute Gasteiger partial charge is 0.257 e. The fraction of sp³-hybridized carbons (Fsp3) is 0.312. The van der Waals surface area contributed by atoms with Crippen molar-refractivity contribution in [1.29, 1.82) is 0 Å². The highest BCUT2D eigenvalue weighted by molar-refractivity contribution is 5.93. The number of aromatic nitrogens is 2. The Bertz CT molecular complexity index is 612. The van der Waals surface area contributed by atoms with E-state index in [1.54, 1.807) is 12.4 Å². The monoisotopic (exact) mass is 282 g/mol. The molecule has 1 aliphatic heterocycles. The van der Waals surface area contributed by atoms with Gasteiger partial charge < -0.3 is 10.6 Å². The van der Waals surface area contributed by atoms with Gasteiger partial charge in [-0.2, -0.15) is 0 Å². The van der Waals surface area contributed by atoms with Crippen molar-refractivity contribution in [1.82, 2.24) is 14.9 Å². The fourth-order valence-corrected chi connectivity index (χ4v) is 2.57. The van der Waals surface area contributed by atoms with Crippen molar-refractivity contribution in [3.8, 4) is 11.4 Å². The first kappa shape index (κ1) is 13.7. The molecule has 2 aromatic rings. The van der Waals surface area contributed by atoms with Crippen LogP contribution >= 0.6 is 0 Å². The Labute approximate surface area is 123 Å². The quantitative estimate of drug-likeness (QED) is 0.927. The summed E-state index contributed by atoms with van der Waals surface area (Å²) < 4.78 is 0. The van der Waals surface area contributed by atoms with Crippen molar-refractivity contribution in [3.63, 3.8) is 0 Å². The first-order valence-electron chi connectivity index (χ1n) is 7.14. The summed E-state index contributed by atoms with van der Waals surface area (Å²) in [4.78, 5) is 22.8. The highest BCUT2D eigenvalue weighted by atomic mass is 16.2. The number of carbonyl (C=O) groups is 1. The predicted molar refractivity (Wildman–Crippen MR) is 80.5 cm³/mol. The van der Waals surface area contributed by atoms with Crippen molar-refractivity contribution in [2.45, 2.75) is 6.42 Å². The zero-order chi connectivity index (χ0) is 14.7. The molecular formula is C16H18N4O. The Balaban J connectivity index is 1.74. The van der Waals surface area contributed by atoms with Crippen LogP contribution in [0.2, 0.25) is 0 Å². The molecular weight excluding hydrogens is 264 g/mol. The molecule has 1 aromatic carbocycles. The molecule has 2 heterocycles. The van der Waals surface area contributed by atoms with Gasteiger partial charge in [-0.1, -0.05) is 30.3 Å². The third-order valence-corrected chi connectivity index (χ3v) is 3.84. The molecule has 0 aliphatic carbocycles. The lowest BCUT2D eigenvalue weighted by molar-refractivity contribution is 0.0787. The van der Waals surface area contributed by atoms with E-state index in [2.05, 4.69) is 9.97 Å². The summed E-state index contributed by atoms with van der Waals surface area (Å²) >= 11 is 0. The summed E-state index contributed by atoms with van der Waals surface area (Å²) in [6.07, 6.45) is 4.19. The lowest BCUT2D eigenvalue weighted by Crippen LogP contribution is -2.30. The van der Waals surface area contributed by atoms with Crippen molar-refractivity contribution in [2.24, 2.45) is 11.7 Å². The van der Waals surface area contributed by atoms with Crippen LogP contribution in [0.1, 0.15) is 16.8 Å². The second kappa shape index (κ2) is 6.01. The maximum atomic E-state index is 12.4. The molecule has 1 saturated heterocycles. The normalized spacial score (nSPS) is 18.0. The number of amides is 1. The van der Waals surface area contributed by atoms with Crippen LogP contribution in [0, 0.1) is 5.92 Å². The molecule has 1 atom stereocenters. The minimum Gasteiger partial charge on any atom is -0.338 e. The number of nitrogens with two attached hydrogens (primary N) is 1. The number of carbonyl (C=O) groups excluding carboxylic acids is 1. The fourth-order valence-electron chi connectivity index (χ4n) is 2.57. The van der Waals surface area contributed by atoms with Gasteiger partial charge in [0.15, 0.2) is 5.82 Å². The lowest BCUT2D eigenvalue weighted by Gasteiger charge is -2.15. The number of benzene rings is 1. The molecule has 0 unspecified atom stereocenters. The van der Waals surface area contributed by atoms with Gasteiger partial charge in [0.05, 0.1) is 5.56 Å². The van der Waals surface area contributed by atoms with Crippen LogP contribution in [0.3, 0.4) is 0 Å². The Hall–Kier alpha value is -2.27. The third-order valence-electron chi connectivity index (χ3n) is 3.84. The standard InChI is InChI=1S/C16H18N4O/c17-8-12-6-7-20(11-12)16(21)14-9-18-15(19-10-14)13-4-2-1-3-5-13/h1-5,9-10,12H,6-8,11,17H2/t12-/m1/s1. The molecule has 5 heteroatoms. The minimum absolute atomic E-state index is 0.00874. The van der Waals surface area contributed by atoms with Crippen LogP contribution in [0.15, 0.2) is 42.7 Å². The zero-order valence-electron chi connectivity index (χ0n) is 11.8. The zero-order valence-corrected chi connectivity index (χ0v) is 11.8. The topological polar surface area (TPSA) is 72.1 Å². The summed E-state index contributed by atoms with van der Waals surface area (Å²) in [7, 11) is 0. The Morgan fingerprint density at radius 1 is 1.24 bits per heavy atom. The molecule has 0 bridgehead atoms. The van der Waals surface area contributed by atoms with Gasteiger partial charge in [-0.25, -0.2) is 9.97 Å². The molecule has 5 nitrogen and oxygen atoms in total. The minimum atomic E-state index is -0.00874. The van der Waals surface area contributed by atoms with E-state index in [1.165, 1.54) is 0 Å². The molecule has 1 aromatic heterocycles. The average molecular weight is 282 g/mol. The largest absolute Gasteiger partial charge is 0.338 e. The lowest BCUT2D eigenvalue weighted by atomic mass is 10.1. The van der Waals surface area contributed by atoms with Crippen molar-refractivity contribution >= 4 is 5.91 Å². The van der Waals surface area contributed by atoms with Crippen LogP contribution in [-0.2, 0) is 0 Å². The van der Waals surface area contributed by atoms with Gasteiger partial charge in [-0.15, -0.1) is 0 Å². The van der Waals surface area contributed by atoms with E-state index >= 15 is 0 Å². The number of likely N-dealkylation sites (tertiary alicyclic amines) is 1. The molecule has 3 rings (SSSR count). The van der Waals surface area contributed by atoms with Gasteiger partial charge >= 0.3 is 0 Å². The SMILES string of the molecule is NC[C@H]1CCN(C(=O)c2cnc(-c3ccccc3)nc2)C1. The first-order valence-corrected chi connectivity index (χ1v) is 7.14. The molecule has 2 N–H and O–H groups in total. The van der Waals surface area contributed by atoms with Gasteiger partial charge in [-0.3, -0.25) is 4.79 Å². The van der Waals surface area contributed by atoms with E-state index in [-0.39, 0.29) is 5.91 Å². The summed E-state index contributed by atoms with van der Waals surface area (Å²) in [6.45, 7) is 2.13. The third kappa shape index (κ3) is 2.92.